The Morgan fingerprint density at radius 1 is 0.833 bits per heavy atom. The van der Waals surface area contributed by atoms with Crippen molar-refractivity contribution < 1.29 is 38.4 Å². The second-order valence-electron chi connectivity index (χ2n) is 11.5. The van der Waals surface area contributed by atoms with Gasteiger partial charge in [-0.3, -0.25) is 4.79 Å². The number of hydrogen-bond acceptors (Lipinski definition) is 8. The minimum absolute atomic E-state index is 0.0000424. The first-order valence-electron chi connectivity index (χ1n) is 15.5. The summed E-state index contributed by atoms with van der Waals surface area (Å²) in [7, 11) is 2.90. The van der Waals surface area contributed by atoms with E-state index in [2.05, 4.69) is 16.0 Å². The second-order valence-corrected chi connectivity index (χ2v) is 11.5. The van der Waals surface area contributed by atoms with Crippen LogP contribution in [0.1, 0.15) is 33.5 Å². The van der Waals surface area contributed by atoms with Crippen molar-refractivity contribution in [2.75, 3.05) is 31.4 Å². The van der Waals surface area contributed by atoms with Crippen molar-refractivity contribution in [3.8, 4) is 17.2 Å². The molecular weight excluding hydrogens is 614 g/mol. The molecule has 0 spiro atoms. The summed E-state index contributed by atoms with van der Waals surface area (Å²) in [5, 5.41) is 18.5. The summed E-state index contributed by atoms with van der Waals surface area (Å²) in [4.78, 5) is 38.3. The van der Waals surface area contributed by atoms with Crippen LogP contribution in [-0.2, 0) is 22.6 Å². The molecule has 0 aromatic heterocycles. The molecule has 11 heteroatoms. The van der Waals surface area contributed by atoms with Gasteiger partial charge in [-0.1, -0.05) is 54.6 Å². The zero-order valence-corrected chi connectivity index (χ0v) is 27.0. The van der Waals surface area contributed by atoms with Gasteiger partial charge < -0.3 is 40.0 Å². The number of urea groups is 1. The highest BCUT2D eigenvalue weighted by Gasteiger charge is 2.37. The molecule has 1 heterocycles. The van der Waals surface area contributed by atoms with E-state index in [0.717, 1.165) is 11.1 Å². The van der Waals surface area contributed by atoms with Crippen molar-refractivity contribution in [2.24, 2.45) is 0 Å². The van der Waals surface area contributed by atoms with Crippen LogP contribution in [0.3, 0.4) is 0 Å². The Kier molecular flexibility index (Phi) is 11.3. The number of nitrogens with one attached hydrogen (secondary N) is 3. The van der Waals surface area contributed by atoms with Crippen LogP contribution < -0.4 is 30.2 Å². The fraction of sp³-hybridized carbons (Fsp3) is 0.270. The van der Waals surface area contributed by atoms with E-state index in [1.54, 1.807) is 18.2 Å². The Balaban J connectivity index is 1.32. The topological polar surface area (TPSA) is 144 Å². The van der Waals surface area contributed by atoms with Gasteiger partial charge in [-0.25, -0.2) is 9.59 Å². The third kappa shape index (κ3) is 8.69. The van der Waals surface area contributed by atoms with Gasteiger partial charge in [0, 0.05) is 18.7 Å². The van der Waals surface area contributed by atoms with Gasteiger partial charge in [0.15, 0.2) is 23.4 Å². The Bertz CT molecular complexity index is 1750. The number of carboxylic acids is 1. The number of benzene rings is 4. The van der Waals surface area contributed by atoms with E-state index >= 15 is 0 Å². The predicted molar refractivity (Wildman–Crippen MR) is 181 cm³/mol. The SMILES string of the molecule is COc1cc(CC(=O)C(Oc2ccc(C(=O)O)cc2OC)C2CC(OCc3ccccc3)CN2)ccc1NC(=O)Nc1ccccc1C. The van der Waals surface area contributed by atoms with E-state index < -0.39 is 24.1 Å². The number of Topliss-reactive ketones (excluding diaryl/α,β-unsaturated/α-hetero) is 1. The van der Waals surface area contributed by atoms with Crippen LogP contribution in [-0.4, -0.2) is 61.9 Å². The van der Waals surface area contributed by atoms with E-state index in [1.165, 1.54) is 32.4 Å². The Morgan fingerprint density at radius 2 is 1.56 bits per heavy atom. The minimum atomic E-state index is -1.11. The number of amides is 2. The zero-order valence-electron chi connectivity index (χ0n) is 27.0. The van der Waals surface area contributed by atoms with Gasteiger partial charge in [0.1, 0.15) is 5.75 Å². The lowest BCUT2D eigenvalue weighted by Gasteiger charge is -2.25. The smallest absolute Gasteiger partial charge is 0.335 e. The lowest BCUT2D eigenvalue weighted by molar-refractivity contribution is -0.126. The van der Waals surface area contributed by atoms with Crippen molar-refractivity contribution >= 4 is 29.2 Å². The molecule has 0 aliphatic carbocycles. The molecule has 4 aromatic carbocycles. The van der Waals surface area contributed by atoms with Crippen molar-refractivity contribution in [1.29, 1.82) is 0 Å². The van der Waals surface area contributed by atoms with Crippen LogP contribution in [0.5, 0.6) is 17.2 Å². The number of carboxylic acid groups (broad SMARTS) is 1. The summed E-state index contributed by atoms with van der Waals surface area (Å²) >= 11 is 0. The molecule has 0 bridgehead atoms. The molecule has 4 aromatic rings. The van der Waals surface area contributed by atoms with Crippen LogP contribution in [0.4, 0.5) is 16.2 Å². The number of para-hydroxylation sites is 1. The molecule has 1 saturated heterocycles. The van der Waals surface area contributed by atoms with E-state index in [-0.39, 0.29) is 35.4 Å². The summed E-state index contributed by atoms with van der Waals surface area (Å²) < 4.78 is 23.4. The maximum atomic E-state index is 14.0. The molecule has 3 atom stereocenters. The van der Waals surface area contributed by atoms with E-state index in [1.807, 2.05) is 61.5 Å². The van der Waals surface area contributed by atoms with Crippen LogP contribution >= 0.6 is 0 Å². The zero-order chi connectivity index (χ0) is 34.0. The number of methoxy groups -OCH3 is 2. The average molecular weight is 654 g/mol. The third-order valence-electron chi connectivity index (χ3n) is 8.09. The van der Waals surface area contributed by atoms with Gasteiger partial charge in [0.2, 0.25) is 0 Å². The van der Waals surface area contributed by atoms with Crippen molar-refractivity contribution in [1.82, 2.24) is 5.32 Å². The molecule has 4 N–H and O–H groups in total. The highest BCUT2D eigenvalue weighted by Crippen LogP contribution is 2.32. The first-order valence-corrected chi connectivity index (χ1v) is 15.5. The third-order valence-corrected chi connectivity index (χ3v) is 8.09. The minimum Gasteiger partial charge on any atom is -0.495 e. The summed E-state index contributed by atoms with van der Waals surface area (Å²) in [6.45, 7) is 2.87. The molecule has 0 radical (unpaired) electrons. The Morgan fingerprint density at radius 3 is 2.29 bits per heavy atom. The van der Waals surface area contributed by atoms with Crippen LogP contribution in [0, 0.1) is 6.92 Å². The lowest BCUT2D eigenvalue weighted by atomic mass is 9.98. The van der Waals surface area contributed by atoms with E-state index in [0.29, 0.717) is 42.3 Å². The average Bonchev–Trinajstić information content (AvgIpc) is 3.57. The van der Waals surface area contributed by atoms with Gasteiger partial charge in [-0.2, -0.15) is 0 Å². The molecule has 2 amide bonds. The van der Waals surface area contributed by atoms with Gasteiger partial charge in [-0.15, -0.1) is 0 Å². The first-order chi connectivity index (χ1) is 23.2. The van der Waals surface area contributed by atoms with E-state index in [4.69, 9.17) is 18.9 Å². The fourth-order valence-corrected chi connectivity index (χ4v) is 5.53. The number of aryl methyl sites for hydroxylation is 1. The largest absolute Gasteiger partial charge is 0.495 e. The molecule has 250 valence electrons. The normalized spacial score (nSPS) is 16.1. The molecule has 11 nitrogen and oxygen atoms in total. The van der Waals surface area contributed by atoms with Crippen LogP contribution in [0.2, 0.25) is 0 Å². The number of ketones is 1. The second kappa shape index (κ2) is 15.9. The van der Waals surface area contributed by atoms with Crippen LogP contribution in [0.25, 0.3) is 0 Å². The number of ether oxygens (including phenoxy) is 4. The van der Waals surface area contributed by atoms with Crippen molar-refractivity contribution in [2.45, 2.75) is 44.6 Å². The first kappa shape index (κ1) is 34.0. The number of carbonyl (C=O) groups is 3. The van der Waals surface area contributed by atoms with Gasteiger partial charge in [-0.05, 0) is 66.4 Å². The molecule has 1 aliphatic heterocycles. The molecular formula is C37H39N3O8. The molecule has 1 fully saturated rings. The van der Waals surface area contributed by atoms with Gasteiger partial charge >= 0.3 is 12.0 Å². The maximum Gasteiger partial charge on any atom is 0.335 e. The molecule has 3 unspecified atom stereocenters. The Hall–Kier alpha value is -5.39. The van der Waals surface area contributed by atoms with Crippen molar-refractivity contribution in [3.05, 3.63) is 113 Å². The summed E-state index contributed by atoms with van der Waals surface area (Å²) in [5.41, 5.74) is 3.78. The quantitative estimate of drug-likeness (QED) is 0.132. The Labute approximate surface area is 279 Å². The predicted octanol–water partition coefficient (Wildman–Crippen LogP) is 5.86. The lowest BCUT2D eigenvalue weighted by Crippen LogP contribution is -2.45. The summed E-state index contributed by atoms with van der Waals surface area (Å²) in [5.74, 6) is -0.503. The highest BCUT2D eigenvalue weighted by molar-refractivity contribution is 6.01. The summed E-state index contributed by atoms with van der Waals surface area (Å²) in [6.07, 6.45) is -0.591. The van der Waals surface area contributed by atoms with E-state index in [9.17, 15) is 19.5 Å². The van der Waals surface area contributed by atoms with Gasteiger partial charge in [0.05, 0.1) is 44.2 Å². The molecule has 0 saturated carbocycles. The van der Waals surface area contributed by atoms with Crippen LogP contribution in [0.15, 0.2) is 91.0 Å². The number of aromatic carboxylic acids is 1. The fourth-order valence-electron chi connectivity index (χ4n) is 5.53. The van der Waals surface area contributed by atoms with Crippen molar-refractivity contribution in [3.63, 3.8) is 0 Å². The van der Waals surface area contributed by atoms with Gasteiger partial charge in [0.25, 0.3) is 0 Å². The monoisotopic (exact) mass is 653 g/mol. The number of hydrogen-bond donors (Lipinski definition) is 4. The highest BCUT2D eigenvalue weighted by atomic mass is 16.5. The molecule has 1 aliphatic rings. The standard InChI is InChI=1S/C37H39N3O8/c1-23-9-7-8-12-28(23)39-37(44)40-29-15-13-25(18-33(29)45-2)17-31(41)35(48-32-16-14-26(36(42)43)19-34(32)46-3)30-20-27(21-38-30)47-22-24-10-5-4-6-11-24/h4-16,18-19,27,30,35,38H,17,20-22H2,1-3H3,(H,42,43)(H2,39,40,44). The number of anilines is 2. The summed E-state index contributed by atoms with van der Waals surface area (Å²) in [6, 6.07) is 25.9. The molecule has 5 rings (SSSR count). The maximum absolute atomic E-state index is 14.0. The number of carbonyl (C=O) groups excluding carboxylic acids is 2. The molecule has 48 heavy (non-hydrogen) atoms. The number of rotatable bonds is 14.